The largest absolute Gasteiger partial charge is 0.324 e. The summed E-state index contributed by atoms with van der Waals surface area (Å²) in [6, 6.07) is 20.1. The summed E-state index contributed by atoms with van der Waals surface area (Å²) in [5.41, 5.74) is 2.43. The van der Waals surface area contributed by atoms with E-state index in [4.69, 9.17) is 11.6 Å². The number of rotatable bonds is 5. The molecular weight excluding hydrogens is 417 g/mol. The Morgan fingerprint density at radius 1 is 1.00 bits per heavy atom. The first-order chi connectivity index (χ1) is 15.0. The fraction of sp³-hybridized carbons (Fsp3) is 0.167. The topological polar surface area (TPSA) is 52.7 Å². The number of carbonyl (C=O) groups is 2. The van der Waals surface area contributed by atoms with Crippen molar-refractivity contribution in [2.75, 3.05) is 23.3 Å². The molecule has 7 heteroatoms. The Balaban J connectivity index is 1.52. The minimum absolute atomic E-state index is 0.0896. The van der Waals surface area contributed by atoms with Gasteiger partial charge in [0.2, 0.25) is 0 Å². The molecule has 1 N–H and O–H groups in total. The molecule has 4 rings (SSSR count). The van der Waals surface area contributed by atoms with Crippen molar-refractivity contribution in [2.45, 2.75) is 13.0 Å². The van der Waals surface area contributed by atoms with E-state index in [9.17, 15) is 14.0 Å². The molecule has 158 valence electrons. The molecule has 3 amide bonds. The van der Waals surface area contributed by atoms with E-state index in [1.807, 2.05) is 35.2 Å². The van der Waals surface area contributed by atoms with Crippen LogP contribution in [-0.2, 0) is 6.54 Å². The Morgan fingerprint density at radius 2 is 1.74 bits per heavy atom. The van der Waals surface area contributed by atoms with Crippen LogP contribution in [0.25, 0.3) is 0 Å². The smallest absolute Gasteiger partial charge is 0.321 e. The van der Waals surface area contributed by atoms with Crippen LogP contribution in [0.15, 0.2) is 72.8 Å². The summed E-state index contributed by atoms with van der Waals surface area (Å²) in [6.07, 6.45) is 0.832. The summed E-state index contributed by atoms with van der Waals surface area (Å²) >= 11 is 6.28. The van der Waals surface area contributed by atoms with Crippen molar-refractivity contribution in [1.82, 2.24) is 4.90 Å². The van der Waals surface area contributed by atoms with Gasteiger partial charge in [-0.1, -0.05) is 41.9 Å². The lowest BCUT2D eigenvalue weighted by molar-refractivity contribution is 0.102. The standard InChI is InChI=1S/C24H21ClFN3O2/c25-21-12-11-20(15-22(21)27-23(30)18-7-9-19(26)10-8-18)29-14-4-13-28(24(29)31)16-17-5-2-1-3-6-17/h1-3,5-12,15H,4,13-14,16H2,(H,27,30). The van der Waals surface area contributed by atoms with Gasteiger partial charge in [-0.3, -0.25) is 9.69 Å². The molecular formula is C24H21ClFN3O2. The molecule has 0 spiro atoms. The zero-order valence-corrected chi connectivity index (χ0v) is 17.5. The van der Waals surface area contributed by atoms with E-state index >= 15 is 0 Å². The molecule has 0 unspecified atom stereocenters. The molecule has 1 aliphatic rings. The lowest BCUT2D eigenvalue weighted by Gasteiger charge is -2.36. The zero-order chi connectivity index (χ0) is 21.8. The second kappa shape index (κ2) is 9.18. The third-order valence-electron chi connectivity index (χ3n) is 5.14. The molecule has 31 heavy (non-hydrogen) atoms. The van der Waals surface area contributed by atoms with Gasteiger partial charge in [-0.05, 0) is 54.4 Å². The van der Waals surface area contributed by atoms with Crippen LogP contribution in [0.3, 0.4) is 0 Å². The summed E-state index contributed by atoms with van der Waals surface area (Å²) in [5, 5.41) is 3.10. The Hall–Kier alpha value is -3.38. The van der Waals surface area contributed by atoms with Crippen LogP contribution in [0.5, 0.6) is 0 Å². The fourth-order valence-electron chi connectivity index (χ4n) is 3.54. The van der Waals surface area contributed by atoms with Crippen LogP contribution in [0.4, 0.5) is 20.6 Å². The van der Waals surface area contributed by atoms with Crippen molar-refractivity contribution in [3.8, 4) is 0 Å². The van der Waals surface area contributed by atoms with Gasteiger partial charge in [0.25, 0.3) is 5.91 Å². The predicted molar refractivity (Wildman–Crippen MR) is 120 cm³/mol. The predicted octanol–water partition coefficient (Wildman–Crippen LogP) is 5.56. The van der Waals surface area contributed by atoms with E-state index in [1.165, 1.54) is 24.3 Å². The van der Waals surface area contributed by atoms with Crippen molar-refractivity contribution >= 4 is 34.9 Å². The van der Waals surface area contributed by atoms with E-state index < -0.39 is 11.7 Å². The van der Waals surface area contributed by atoms with Gasteiger partial charge in [-0.25, -0.2) is 9.18 Å². The monoisotopic (exact) mass is 437 g/mol. The van der Waals surface area contributed by atoms with Crippen molar-refractivity contribution in [3.63, 3.8) is 0 Å². The first-order valence-electron chi connectivity index (χ1n) is 9.98. The molecule has 0 atom stereocenters. The summed E-state index contributed by atoms with van der Waals surface area (Å²) < 4.78 is 13.1. The Morgan fingerprint density at radius 3 is 2.48 bits per heavy atom. The molecule has 1 fully saturated rings. The number of anilines is 2. The molecule has 5 nitrogen and oxygen atoms in total. The second-order valence-corrected chi connectivity index (χ2v) is 7.73. The molecule has 1 heterocycles. The molecule has 3 aromatic carbocycles. The molecule has 0 saturated carbocycles. The molecule has 0 aliphatic carbocycles. The fourth-order valence-corrected chi connectivity index (χ4v) is 3.71. The minimum Gasteiger partial charge on any atom is -0.321 e. The van der Waals surface area contributed by atoms with Gasteiger partial charge in [0, 0.05) is 30.9 Å². The zero-order valence-electron chi connectivity index (χ0n) is 16.7. The number of hydrogen-bond acceptors (Lipinski definition) is 2. The maximum absolute atomic E-state index is 13.1. The third kappa shape index (κ3) is 4.86. The Bertz CT molecular complexity index is 1090. The third-order valence-corrected chi connectivity index (χ3v) is 5.47. The maximum atomic E-state index is 13.1. The van der Waals surface area contributed by atoms with Gasteiger partial charge < -0.3 is 10.2 Å². The average molecular weight is 438 g/mol. The highest BCUT2D eigenvalue weighted by atomic mass is 35.5. The second-order valence-electron chi connectivity index (χ2n) is 7.32. The molecule has 0 bridgehead atoms. The average Bonchev–Trinajstić information content (AvgIpc) is 2.78. The van der Waals surface area contributed by atoms with Crippen LogP contribution in [-0.4, -0.2) is 29.9 Å². The molecule has 1 aliphatic heterocycles. The number of halogens is 2. The Labute approximate surface area is 185 Å². The first kappa shape index (κ1) is 20.9. The lowest BCUT2D eigenvalue weighted by Crippen LogP contribution is -2.49. The molecule has 3 aromatic rings. The Kier molecular flexibility index (Phi) is 6.18. The summed E-state index contributed by atoms with van der Waals surface area (Å²) in [4.78, 5) is 29.1. The number of nitrogens with zero attached hydrogens (tertiary/aromatic N) is 2. The van der Waals surface area contributed by atoms with Crippen molar-refractivity contribution < 1.29 is 14.0 Å². The normalized spacial score (nSPS) is 13.9. The van der Waals surface area contributed by atoms with Crippen LogP contribution in [0.2, 0.25) is 5.02 Å². The van der Waals surface area contributed by atoms with Gasteiger partial charge in [-0.2, -0.15) is 0 Å². The number of benzene rings is 3. The highest BCUT2D eigenvalue weighted by Crippen LogP contribution is 2.30. The lowest BCUT2D eigenvalue weighted by atomic mass is 10.1. The number of urea groups is 1. The van der Waals surface area contributed by atoms with Crippen LogP contribution in [0, 0.1) is 5.82 Å². The minimum atomic E-state index is -0.416. The summed E-state index contributed by atoms with van der Waals surface area (Å²) in [5.74, 6) is -0.824. The number of nitrogens with one attached hydrogen (secondary N) is 1. The molecule has 0 aromatic heterocycles. The van der Waals surface area contributed by atoms with E-state index in [1.54, 1.807) is 23.1 Å². The summed E-state index contributed by atoms with van der Waals surface area (Å²) in [7, 11) is 0. The van der Waals surface area contributed by atoms with E-state index in [2.05, 4.69) is 5.32 Å². The first-order valence-corrected chi connectivity index (χ1v) is 10.4. The number of hydrogen-bond donors (Lipinski definition) is 1. The van der Waals surface area contributed by atoms with E-state index in [0.717, 1.165) is 12.0 Å². The van der Waals surface area contributed by atoms with Crippen molar-refractivity contribution in [3.05, 3.63) is 94.8 Å². The van der Waals surface area contributed by atoms with Crippen LogP contribution in [0.1, 0.15) is 22.3 Å². The van der Waals surface area contributed by atoms with Gasteiger partial charge in [-0.15, -0.1) is 0 Å². The van der Waals surface area contributed by atoms with E-state index in [-0.39, 0.29) is 6.03 Å². The highest BCUT2D eigenvalue weighted by Gasteiger charge is 2.27. The number of carbonyl (C=O) groups excluding carboxylic acids is 2. The van der Waals surface area contributed by atoms with Gasteiger partial charge >= 0.3 is 6.03 Å². The van der Waals surface area contributed by atoms with Crippen molar-refractivity contribution in [2.24, 2.45) is 0 Å². The van der Waals surface area contributed by atoms with Gasteiger partial charge in [0.1, 0.15) is 5.82 Å². The van der Waals surface area contributed by atoms with Crippen molar-refractivity contribution in [1.29, 1.82) is 0 Å². The maximum Gasteiger partial charge on any atom is 0.324 e. The summed E-state index contributed by atoms with van der Waals surface area (Å²) in [6.45, 7) is 1.81. The van der Waals surface area contributed by atoms with Crippen LogP contribution < -0.4 is 10.2 Å². The number of amides is 3. The SMILES string of the molecule is O=C(Nc1cc(N2CCCN(Cc3ccccc3)C2=O)ccc1Cl)c1ccc(F)cc1. The van der Waals surface area contributed by atoms with Gasteiger partial charge in [0.15, 0.2) is 0 Å². The highest BCUT2D eigenvalue weighted by molar-refractivity contribution is 6.34. The van der Waals surface area contributed by atoms with E-state index in [0.29, 0.717) is 41.6 Å². The molecule has 1 saturated heterocycles. The van der Waals surface area contributed by atoms with Gasteiger partial charge in [0.05, 0.1) is 10.7 Å². The van der Waals surface area contributed by atoms with Crippen LogP contribution >= 0.6 is 11.6 Å². The molecule has 0 radical (unpaired) electrons. The quantitative estimate of drug-likeness (QED) is 0.567.